The van der Waals surface area contributed by atoms with Crippen LogP contribution in [0, 0.1) is 0 Å². The molecule has 1 aliphatic rings. The maximum absolute atomic E-state index is 10.5. The van der Waals surface area contributed by atoms with Gasteiger partial charge in [0, 0.05) is 42.3 Å². The van der Waals surface area contributed by atoms with Crippen LogP contribution in [0.3, 0.4) is 0 Å². The van der Waals surface area contributed by atoms with E-state index in [1.807, 2.05) is 13.1 Å². The van der Waals surface area contributed by atoms with Crippen LogP contribution in [0.25, 0.3) is 22.6 Å². The quantitative estimate of drug-likeness (QED) is 0.661. The molecule has 2 N–H and O–H groups in total. The molecule has 1 aliphatic heterocycles. The third-order valence-electron chi connectivity index (χ3n) is 5.71. The van der Waals surface area contributed by atoms with Gasteiger partial charge in [-0.2, -0.15) is 5.10 Å². The van der Waals surface area contributed by atoms with Crippen molar-refractivity contribution in [2.75, 3.05) is 11.9 Å². The number of hydrogen-bond donors (Lipinski definition) is 2. The molecule has 9 heteroatoms. The van der Waals surface area contributed by atoms with E-state index in [1.54, 1.807) is 36.4 Å². The van der Waals surface area contributed by atoms with Gasteiger partial charge in [0.05, 0.1) is 6.20 Å². The van der Waals surface area contributed by atoms with E-state index in [9.17, 15) is 5.11 Å². The van der Waals surface area contributed by atoms with E-state index >= 15 is 0 Å². The van der Waals surface area contributed by atoms with E-state index in [-0.39, 0.29) is 16.8 Å². The molecular weight excluding hydrogens is 392 g/mol. The maximum atomic E-state index is 10.5. The Kier molecular flexibility index (Phi) is 5.17. The van der Waals surface area contributed by atoms with Gasteiger partial charge in [-0.05, 0) is 52.7 Å². The van der Waals surface area contributed by atoms with E-state index in [0.29, 0.717) is 29.1 Å². The fraction of sp³-hybridized carbons (Fsp3) is 0.500. The van der Waals surface area contributed by atoms with Crippen molar-refractivity contribution in [2.24, 2.45) is 7.05 Å². The first-order valence-electron chi connectivity index (χ1n) is 10.4. The highest BCUT2D eigenvalue weighted by molar-refractivity contribution is 5.71. The Bertz CT molecular complexity index is 1060. The average molecular weight is 423 g/mol. The predicted octanol–water partition coefficient (Wildman–Crippen LogP) is 2.79. The van der Waals surface area contributed by atoms with Crippen molar-refractivity contribution < 1.29 is 5.11 Å². The van der Waals surface area contributed by atoms with E-state index in [4.69, 9.17) is 0 Å². The Morgan fingerprint density at radius 1 is 1.10 bits per heavy atom. The number of phenols is 1. The lowest BCUT2D eigenvalue weighted by atomic mass is 9.79. The van der Waals surface area contributed by atoms with E-state index < -0.39 is 0 Å². The minimum absolute atomic E-state index is 0.0318. The predicted molar refractivity (Wildman–Crippen MR) is 120 cm³/mol. The molecule has 2 aromatic heterocycles. The van der Waals surface area contributed by atoms with Crippen LogP contribution in [0.2, 0.25) is 0 Å². The summed E-state index contributed by atoms with van der Waals surface area (Å²) in [5, 5.41) is 27.2. The summed E-state index contributed by atoms with van der Waals surface area (Å²) in [5.74, 6) is 1.22. The lowest BCUT2D eigenvalue weighted by Gasteiger charge is -2.48. The molecule has 3 heterocycles. The van der Waals surface area contributed by atoms with Gasteiger partial charge in [-0.1, -0.05) is 6.07 Å². The highest BCUT2D eigenvalue weighted by Crippen LogP contribution is 2.33. The number of piperidine rings is 1. The molecule has 0 unspecified atom stereocenters. The van der Waals surface area contributed by atoms with Crippen molar-refractivity contribution >= 4 is 5.95 Å². The Labute approximate surface area is 182 Å². The van der Waals surface area contributed by atoms with E-state index in [2.05, 4.69) is 63.2 Å². The second-order valence-corrected chi connectivity index (χ2v) is 9.68. The second kappa shape index (κ2) is 7.56. The first kappa shape index (κ1) is 21.2. The molecule has 0 atom stereocenters. The summed E-state index contributed by atoms with van der Waals surface area (Å²) in [6, 6.07) is 5.57. The molecule has 3 aromatic rings. The number of rotatable bonds is 4. The van der Waals surface area contributed by atoms with Crippen LogP contribution in [0.1, 0.15) is 40.5 Å². The van der Waals surface area contributed by atoms with Crippen LogP contribution in [-0.2, 0) is 7.05 Å². The zero-order valence-corrected chi connectivity index (χ0v) is 19.0. The molecule has 31 heavy (non-hydrogen) atoms. The third kappa shape index (κ3) is 4.51. The first-order valence-corrected chi connectivity index (χ1v) is 10.4. The number of anilines is 1. The van der Waals surface area contributed by atoms with Gasteiger partial charge >= 0.3 is 0 Å². The van der Waals surface area contributed by atoms with Crippen LogP contribution in [0.4, 0.5) is 5.95 Å². The van der Waals surface area contributed by atoms with Crippen LogP contribution in [0.5, 0.6) is 5.75 Å². The molecule has 1 fully saturated rings. The fourth-order valence-corrected chi connectivity index (χ4v) is 4.62. The summed E-state index contributed by atoms with van der Waals surface area (Å²) in [6.07, 6.45) is 5.25. The van der Waals surface area contributed by atoms with Gasteiger partial charge in [-0.15, -0.1) is 10.2 Å². The number of benzene rings is 1. The fourth-order valence-electron chi connectivity index (χ4n) is 4.62. The summed E-state index contributed by atoms with van der Waals surface area (Å²) >= 11 is 0. The third-order valence-corrected chi connectivity index (χ3v) is 5.71. The molecule has 4 rings (SSSR count). The van der Waals surface area contributed by atoms with Crippen molar-refractivity contribution in [1.82, 2.24) is 35.3 Å². The Morgan fingerprint density at radius 3 is 2.35 bits per heavy atom. The van der Waals surface area contributed by atoms with Crippen molar-refractivity contribution in [2.45, 2.75) is 57.7 Å². The minimum Gasteiger partial charge on any atom is -0.507 e. The maximum Gasteiger partial charge on any atom is 0.245 e. The average Bonchev–Trinajstić information content (AvgIpc) is 3.11. The summed E-state index contributed by atoms with van der Waals surface area (Å²) in [5.41, 5.74) is 1.88. The number of aromatic nitrogens is 6. The lowest BCUT2D eigenvalue weighted by Crippen LogP contribution is -2.62. The molecule has 1 aromatic carbocycles. The number of phenolic OH excluding ortho intramolecular Hbond substituents is 1. The second-order valence-electron chi connectivity index (χ2n) is 9.68. The highest BCUT2D eigenvalue weighted by atomic mass is 16.3. The van der Waals surface area contributed by atoms with Gasteiger partial charge in [-0.3, -0.25) is 4.68 Å². The van der Waals surface area contributed by atoms with E-state index in [0.717, 1.165) is 18.4 Å². The summed E-state index contributed by atoms with van der Waals surface area (Å²) < 4.78 is 1.62. The lowest BCUT2D eigenvalue weighted by molar-refractivity contribution is 0.160. The molecule has 0 radical (unpaired) electrons. The molecule has 9 nitrogen and oxygen atoms in total. The zero-order chi connectivity index (χ0) is 22.4. The number of nitrogens with zero attached hydrogens (tertiary/aromatic N) is 7. The van der Waals surface area contributed by atoms with Crippen LogP contribution in [-0.4, -0.2) is 59.2 Å². The Morgan fingerprint density at radius 2 is 1.81 bits per heavy atom. The van der Waals surface area contributed by atoms with Crippen molar-refractivity contribution in [3.05, 3.63) is 30.7 Å². The summed E-state index contributed by atoms with van der Waals surface area (Å²) in [7, 11) is 3.82. The van der Waals surface area contributed by atoms with Crippen molar-refractivity contribution in [3.63, 3.8) is 0 Å². The number of aromatic hydroxyl groups is 1. The smallest absolute Gasteiger partial charge is 0.245 e. The van der Waals surface area contributed by atoms with Gasteiger partial charge < -0.3 is 15.3 Å². The number of hydrogen-bond acceptors (Lipinski definition) is 8. The van der Waals surface area contributed by atoms with Gasteiger partial charge in [0.2, 0.25) is 5.95 Å². The SMILES string of the molecule is CN(c1ncc(-c2ccc(-c3ncn(C)n3)cc2O)nn1)C1CC(C)(C)NC(C)(C)C1. The van der Waals surface area contributed by atoms with Crippen molar-refractivity contribution in [1.29, 1.82) is 0 Å². The largest absolute Gasteiger partial charge is 0.507 e. The Balaban J connectivity index is 1.54. The zero-order valence-electron chi connectivity index (χ0n) is 19.0. The standard InChI is InChI=1S/C22H30N8O/c1-21(2)10-15(11-22(3,4)28-21)30(6)20-23-12-17(25-26-20)16-8-7-14(9-18(16)31)19-24-13-29(5)27-19/h7-9,12-13,15,28,31H,10-11H2,1-6H3. The van der Waals surface area contributed by atoms with Crippen LogP contribution >= 0.6 is 0 Å². The van der Waals surface area contributed by atoms with Gasteiger partial charge in [0.25, 0.3) is 0 Å². The van der Waals surface area contributed by atoms with Crippen molar-refractivity contribution in [3.8, 4) is 28.4 Å². The van der Waals surface area contributed by atoms with Gasteiger partial charge in [0.15, 0.2) is 5.82 Å². The molecule has 0 saturated carbocycles. The topological polar surface area (TPSA) is 105 Å². The molecule has 164 valence electrons. The molecule has 0 amide bonds. The van der Waals surface area contributed by atoms with Gasteiger partial charge in [-0.25, -0.2) is 9.97 Å². The van der Waals surface area contributed by atoms with Crippen LogP contribution in [0.15, 0.2) is 30.7 Å². The molecule has 1 saturated heterocycles. The minimum atomic E-state index is 0.0318. The summed E-state index contributed by atoms with van der Waals surface area (Å²) in [6.45, 7) is 8.90. The number of aryl methyl sites for hydroxylation is 1. The normalized spacial score (nSPS) is 18.1. The number of nitrogens with one attached hydrogen (secondary N) is 1. The monoisotopic (exact) mass is 422 g/mol. The van der Waals surface area contributed by atoms with Gasteiger partial charge in [0.1, 0.15) is 17.8 Å². The molecule has 0 bridgehead atoms. The van der Waals surface area contributed by atoms with Crippen LogP contribution < -0.4 is 10.2 Å². The Hall–Kier alpha value is -3.07. The molecule has 0 spiro atoms. The molecule has 0 aliphatic carbocycles. The molecular formula is C22H30N8O. The first-order chi connectivity index (χ1) is 14.5. The highest BCUT2D eigenvalue weighted by Gasteiger charge is 2.39. The summed E-state index contributed by atoms with van der Waals surface area (Å²) in [4.78, 5) is 10.9. The van der Waals surface area contributed by atoms with E-state index in [1.165, 1.54) is 0 Å².